The number of likely N-dealkylation sites (tertiary alicyclic amines) is 1. The summed E-state index contributed by atoms with van der Waals surface area (Å²) >= 11 is 18.6. The number of hydrogen-bond donors (Lipinski definition) is 1. The fourth-order valence-corrected chi connectivity index (χ4v) is 5.58. The van der Waals surface area contributed by atoms with Crippen molar-refractivity contribution >= 4 is 46.4 Å². The number of halogens is 5. The lowest BCUT2D eigenvalue weighted by Crippen LogP contribution is -2.41. The first-order chi connectivity index (χ1) is 17.3. The van der Waals surface area contributed by atoms with Gasteiger partial charge in [-0.2, -0.15) is 5.10 Å². The smallest absolute Gasteiger partial charge is 0.164 e. The predicted molar refractivity (Wildman–Crippen MR) is 147 cm³/mol. The summed E-state index contributed by atoms with van der Waals surface area (Å²) < 4.78 is 31.4. The fraction of sp³-hybridized carbons (Fsp3) is 0.481. The molecular formula is C27H32Cl3F2N5. The number of pyridine rings is 1. The van der Waals surface area contributed by atoms with Gasteiger partial charge in [-0.25, -0.2) is 13.8 Å². The van der Waals surface area contributed by atoms with E-state index >= 15 is 4.39 Å². The van der Waals surface area contributed by atoms with Crippen molar-refractivity contribution in [3.05, 3.63) is 67.9 Å². The highest BCUT2D eigenvalue weighted by Crippen LogP contribution is 2.36. The Morgan fingerprint density at radius 2 is 1.84 bits per heavy atom. The minimum Gasteiger partial charge on any atom is -0.322 e. The molecule has 0 unspecified atom stereocenters. The molecule has 0 spiro atoms. The number of aryl methyl sites for hydroxylation is 1. The van der Waals surface area contributed by atoms with E-state index in [4.69, 9.17) is 34.8 Å². The largest absolute Gasteiger partial charge is 0.322 e. The maximum atomic E-state index is 15.1. The fourth-order valence-electron chi connectivity index (χ4n) is 5.02. The number of nitrogens with zero attached hydrogens (tertiary/aromatic N) is 4. The van der Waals surface area contributed by atoms with Gasteiger partial charge in [-0.3, -0.25) is 9.58 Å². The normalized spacial score (nSPS) is 18.9. The lowest BCUT2D eigenvalue weighted by atomic mass is 9.87. The van der Waals surface area contributed by atoms with Gasteiger partial charge in [-0.1, -0.05) is 46.9 Å². The summed E-state index contributed by atoms with van der Waals surface area (Å²) in [5.41, 5.74) is 1.62. The second-order valence-corrected chi connectivity index (χ2v) is 12.0. The number of anilines is 2. The highest BCUT2D eigenvalue weighted by molar-refractivity contribution is 6.43. The van der Waals surface area contributed by atoms with Crippen LogP contribution >= 0.6 is 34.8 Å². The lowest BCUT2D eigenvalue weighted by molar-refractivity contribution is 0.113. The highest BCUT2D eigenvalue weighted by Gasteiger charge is 2.29. The summed E-state index contributed by atoms with van der Waals surface area (Å²) in [7, 11) is 0. The molecule has 1 aliphatic heterocycles. The highest BCUT2D eigenvalue weighted by atomic mass is 35.5. The van der Waals surface area contributed by atoms with E-state index in [-0.39, 0.29) is 49.9 Å². The van der Waals surface area contributed by atoms with Crippen molar-refractivity contribution in [2.24, 2.45) is 5.92 Å². The average Bonchev–Trinajstić information content (AvgIpc) is 3.20. The van der Waals surface area contributed by atoms with Crippen LogP contribution in [0.1, 0.15) is 57.5 Å². The monoisotopic (exact) mass is 569 g/mol. The van der Waals surface area contributed by atoms with Crippen LogP contribution in [0, 0.1) is 24.5 Å². The molecular weight excluding hydrogens is 539 g/mol. The Labute approximate surface area is 232 Å². The third-order valence-corrected chi connectivity index (χ3v) is 7.98. The van der Waals surface area contributed by atoms with Crippen LogP contribution in [0.5, 0.6) is 0 Å². The Morgan fingerprint density at radius 3 is 2.49 bits per heavy atom. The second-order valence-electron chi connectivity index (χ2n) is 10.9. The van der Waals surface area contributed by atoms with Crippen molar-refractivity contribution in [3.8, 4) is 0 Å². The van der Waals surface area contributed by atoms with Gasteiger partial charge < -0.3 is 5.32 Å². The summed E-state index contributed by atoms with van der Waals surface area (Å²) in [6.45, 7) is 11.5. The minimum atomic E-state index is -0.593. The minimum absolute atomic E-state index is 0.0256. The van der Waals surface area contributed by atoms with Crippen molar-refractivity contribution in [1.82, 2.24) is 19.7 Å². The van der Waals surface area contributed by atoms with Crippen LogP contribution in [-0.2, 0) is 18.5 Å². The second kappa shape index (κ2) is 11.0. The van der Waals surface area contributed by atoms with E-state index in [1.165, 1.54) is 0 Å². The Kier molecular flexibility index (Phi) is 8.39. The van der Waals surface area contributed by atoms with Gasteiger partial charge in [-0.15, -0.1) is 0 Å². The Morgan fingerprint density at radius 1 is 1.11 bits per heavy atom. The average molecular weight is 571 g/mol. The van der Waals surface area contributed by atoms with Crippen molar-refractivity contribution in [2.45, 2.75) is 72.0 Å². The van der Waals surface area contributed by atoms with Gasteiger partial charge in [0.25, 0.3) is 0 Å². The van der Waals surface area contributed by atoms with Crippen LogP contribution in [0.4, 0.5) is 20.4 Å². The van der Waals surface area contributed by atoms with Gasteiger partial charge in [0.1, 0.15) is 15.9 Å². The number of aromatic nitrogens is 3. The van der Waals surface area contributed by atoms with Crippen molar-refractivity contribution < 1.29 is 8.78 Å². The molecule has 2 aromatic heterocycles. The molecule has 1 aromatic carbocycles. The molecule has 1 aliphatic rings. The number of nitrogens with one attached hydrogen (secondary N) is 1. The van der Waals surface area contributed by atoms with Gasteiger partial charge >= 0.3 is 0 Å². The number of hydrogen-bond acceptors (Lipinski definition) is 4. The summed E-state index contributed by atoms with van der Waals surface area (Å²) in [5.74, 6) is 0.0758. The number of benzene rings is 1. The lowest BCUT2D eigenvalue weighted by Gasteiger charge is -2.38. The first kappa shape index (κ1) is 28.1. The SMILES string of the molecule is Cc1cc(Nc2nc(C[C@H]3CCN(Cc4cccc(Cl)c4F)[C@H](C)C3)c(F)c(Cl)c2Cl)nn1C(C)(C)C. The van der Waals surface area contributed by atoms with Crippen LogP contribution < -0.4 is 5.32 Å². The molecule has 3 heterocycles. The number of piperidine rings is 1. The van der Waals surface area contributed by atoms with Gasteiger partial charge in [-0.05, 0) is 72.4 Å². The summed E-state index contributed by atoms with van der Waals surface area (Å²) in [4.78, 5) is 6.75. The molecule has 1 N–H and O–H groups in total. The van der Waals surface area contributed by atoms with Crippen molar-refractivity contribution in [1.29, 1.82) is 0 Å². The number of rotatable bonds is 6. The summed E-state index contributed by atoms with van der Waals surface area (Å²) in [6, 6.07) is 7.15. The molecule has 2 atom stereocenters. The predicted octanol–water partition coefficient (Wildman–Crippen LogP) is 8.17. The summed E-state index contributed by atoms with van der Waals surface area (Å²) in [6.07, 6.45) is 2.07. The summed E-state index contributed by atoms with van der Waals surface area (Å²) in [5, 5.41) is 7.74. The standard InChI is InChI=1S/C27H32Cl3F2N5/c1-15-11-17(9-10-36(15)14-18-7-6-8-19(28)24(18)31)13-20-25(32)22(29)23(30)26(33-20)34-21-12-16(2)37(35-21)27(3,4)5/h6-8,12,15,17H,9-11,13-14H2,1-5H3,(H,33,34,35)/t15-,17+/m1/s1. The van der Waals surface area contributed by atoms with Gasteiger partial charge in [0.15, 0.2) is 17.5 Å². The maximum Gasteiger partial charge on any atom is 0.164 e. The maximum absolute atomic E-state index is 15.1. The first-order valence-corrected chi connectivity index (χ1v) is 13.5. The van der Waals surface area contributed by atoms with E-state index in [1.807, 2.05) is 17.7 Å². The Bertz CT molecular complexity index is 1290. The molecule has 200 valence electrons. The quantitative estimate of drug-likeness (QED) is 0.325. The topological polar surface area (TPSA) is 46.0 Å². The molecule has 37 heavy (non-hydrogen) atoms. The van der Waals surface area contributed by atoms with E-state index in [1.54, 1.807) is 18.2 Å². The van der Waals surface area contributed by atoms with Gasteiger partial charge in [0.2, 0.25) is 0 Å². The van der Waals surface area contributed by atoms with E-state index in [9.17, 15) is 4.39 Å². The van der Waals surface area contributed by atoms with Crippen LogP contribution in [0.3, 0.4) is 0 Å². The zero-order valence-electron chi connectivity index (χ0n) is 21.7. The molecule has 0 amide bonds. The third kappa shape index (κ3) is 6.22. The van der Waals surface area contributed by atoms with Gasteiger partial charge in [0.05, 0.1) is 16.3 Å². The molecule has 10 heteroatoms. The molecule has 3 aromatic rings. The van der Waals surface area contributed by atoms with E-state index in [0.29, 0.717) is 24.3 Å². The zero-order valence-corrected chi connectivity index (χ0v) is 23.9. The molecule has 0 radical (unpaired) electrons. The molecule has 1 saturated heterocycles. The molecule has 1 fully saturated rings. The van der Waals surface area contributed by atoms with E-state index in [0.717, 1.165) is 25.1 Å². The van der Waals surface area contributed by atoms with Gasteiger partial charge in [0, 0.05) is 29.9 Å². The van der Waals surface area contributed by atoms with Crippen molar-refractivity contribution in [2.75, 3.05) is 11.9 Å². The molecule has 4 rings (SSSR count). The zero-order chi connectivity index (χ0) is 27.1. The molecule has 0 saturated carbocycles. The first-order valence-electron chi connectivity index (χ1n) is 12.4. The Balaban J connectivity index is 1.48. The van der Waals surface area contributed by atoms with Crippen LogP contribution in [-0.4, -0.2) is 32.3 Å². The van der Waals surface area contributed by atoms with E-state index in [2.05, 4.69) is 48.0 Å². The van der Waals surface area contributed by atoms with Crippen LogP contribution in [0.2, 0.25) is 15.1 Å². The van der Waals surface area contributed by atoms with Crippen LogP contribution in [0.15, 0.2) is 24.3 Å². The Hall–Kier alpha value is -1.93. The van der Waals surface area contributed by atoms with Crippen LogP contribution in [0.25, 0.3) is 0 Å². The van der Waals surface area contributed by atoms with E-state index < -0.39 is 5.82 Å². The third-order valence-electron chi connectivity index (χ3n) is 6.87. The molecule has 0 bridgehead atoms. The van der Waals surface area contributed by atoms with Crippen molar-refractivity contribution in [3.63, 3.8) is 0 Å². The molecule has 0 aliphatic carbocycles. The molecule has 5 nitrogen and oxygen atoms in total.